The van der Waals surface area contributed by atoms with Crippen molar-refractivity contribution in [1.29, 1.82) is 0 Å². The number of nitrogens with zero attached hydrogens (tertiary/aromatic N) is 1. The Morgan fingerprint density at radius 1 is 1.33 bits per heavy atom. The van der Waals surface area contributed by atoms with Gasteiger partial charge in [-0.2, -0.15) is 0 Å². The average molecular weight is 284 g/mol. The highest BCUT2D eigenvalue weighted by atomic mass is 35.7. The Balaban J connectivity index is 2.84. The molecule has 0 N–H and O–H groups in total. The van der Waals surface area contributed by atoms with Gasteiger partial charge in [-0.05, 0) is 19.9 Å². The molecule has 0 aliphatic carbocycles. The van der Waals surface area contributed by atoms with Gasteiger partial charge in [0.05, 0.1) is 0 Å². The fourth-order valence-electron chi connectivity index (χ4n) is 2.15. The topological polar surface area (TPSA) is 39.1 Å². The number of allylic oxidation sites excluding steroid dienone is 2. The first-order valence-electron chi connectivity index (χ1n) is 5.60. The molecule has 2 rings (SSSR count). The summed E-state index contributed by atoms with van der Waals surface area (Å²) >= 11 is 0. The second kappa shape index (κ2) is 4.78. The van der Waals surface area contributed by atoms with Crippen LogP contribution in [-0.4, -0.2) is 13.0 Å². The normalized spacial score (nSPS) is 12.6. The molecule has 0 fully saturated rings. The molecule has 0 amide bonds. The van der Waals surface area contributed by atoms with E-state index in [2.05, 4.69) is 0 Å². The molecular formula is C13H14ClNO2S. The maximum Gasteiger partial charge on any atom is 0.263 e. The standard InChI is InChI=1S/C13H14ClNO2S/c1-3-4-9-15-10(2)13(18(14,16)17)11-7-5-6-8-12(11)15/h3-8H,9H2,1-2H3/b4-3+. The first-order chi connectivity index (χ1) is 8.46. The van der Waals surface area contributed by atoms with Gasteiger partial charge in [0, 0.05) is 33.8 Å². The van der Waals surface area contributed by atoms with E-state index >= 15 is 0 Å². The van der Waals surface area contributed by atoms with E-state index in [1.165, 1.54) is 0 Å². The Labute approximate surface area is 111 Å². The third kappa shape index (κ3) is 2.18. The number of aromatic nitrogens is 1. The van der Waals surface area contributed by atoms with E-state index in [0.717, 1.165) is 5.52 Å². The Kier molecular flexibility index (Phi) is 3.50. The number of halogens is 1. The van der Waals surface area contributed by atoms with Gasteiger partial charge in [-0.1, -0.05) is 30.4 Å². The molecule has 0 bridgehead atoms. The maximum absolute atomic E-state index is 11.7. The molecule has 18 heavy (non-hydrogen) atoms. The van der Waals surface area contributed by atoms with Crippen molar-refractivity contribution in [2.75, 3.05) is 0 Å². The van der Waals surface area contributed by atoms with E-state index < -0.39 is 9.05 Å². The van der Waals surface area contributed by atoms with Crippen molar-refractivity contribution in [1.82, 2.24) is 4.57 Å². The molecule has 1 heterocycles. The van der Waals surface area contributed by atoms with Crippen LogP contribution in [0, 0.1) is 6.92 Å². The predicted molar refractivity (Wildman–Crippen MR) is 74.5 cm³/mol. The van der Waals surface area contributed by atoms with Gasteiger partial charge in [-0.15, -0.1) is 0 Å². The number of benzene rings is 1. The minimum atomic E-state index is -3.74. The highest BCUT2D eigenvalue weighted by Gasteiger charge is 2.22. The smallest absolute Gasteiger partial charge is 0.263 e. The van der Waals surface area contributed by atoms with Crippen molar-refractivity contribution in [3.8, 4) is 0 Å². The van der Waals surface area contributed by atoms with Crippen molar-refractivity contribution in [2.45, 2.75) is 25.3 Å². The van der Waals surface area contributed by atoms with E-state index in [-0.39, 0.29) is 4.90 Å². The molecule has 5 heteroatoms. The predicted octanol–water partition coefficient (Wildman–Crippen LogP) is 3.45. The van der Waals surface area contributed by atoms with Crippen LogP contribution in [0.15, 0.2) is 41.3 Å². The summed E-state index contributed by atoms with van der Waals surface area (Å²) in [4.78, 5) is 0.212. The van der Waals surface area contributed by atoms with Crippen LogP contribution in [0.2, 0.25) is 0 Å². The van der Waals surface area contributed by atoms with Gasteiger partial charge in [0.1, 0.15) is 4.90 Å². The minimum Gasteiger partial charge on any atom is -0.340 e. The zero-order chi connectivity index (χ0) is 13.3. The van der Waals surface area contributed by atoms with Gasteiger partial charge in [-0.25, -0.2) is 8.42 Å². The van der Waals surface area contributed by atoms with Gasteiger partial charge in [0.15, 0.2) is 0 Å². The summed E-state index contributed by atoms with van der Waals surface area (Å²) in [6.07, 6.45) is 3.91. The fraction of sp³-hybridized carbons (Fsp3) is 0.231. The van der Waals surface area contributed by atoms with Crippen molar-refractivity contribution in [3.05, 3.63) is 42.1 Å². The number of hydrogen-bond acceptors (Lipinski definition) is 2. The lowest BCUT2D eigenvalue weighted by Crippen LogP contribution is -1.99. The first-order valence-corrected chi connectivity index (χ1v) is 7.91. The fourth-order valence-corrected chi connectivity index (χ4v) is 3.64. The largest absolute Gasteiger partial charge is 0.340 e. The lowest BCUT2D eigenvalue weighted by molar-refractivity contribution is 0.609. The Morgan fingerprint density at radius 3 is 2.61 bits per heavy atom. The van der Waals surface area contributed by atoms with Gasteiger partial charge < -0.3 is 4.57 Å². The summed E-state index contributed by atoms with van der Waals surface area (Å²) in [7, 11) is 1.79. The van der Waals surface area contributed by atoms with E-state index in [0.29, 0.717) is 17.6 Å². The van der Waals surface area contributed by atoms with E-state index in [4.69, 9.17) is 10.7 Å². The third-order valence-corrected chi connectivity index (χ3v) is 4.41. The van der Waals surface area contributed by atoms with E-state index in [1.807, 2.05) is 41.8 Å². The quantitative estimate of drug-likeness (QED) is 0.639. The lowest BCUT2D eigenvalue weighted by atomic mass is 10.2. The van der Waals surface area contributed by atoms with Crippen LogP contribution in [0.4, 0.5) is 0 Å². The van der Waals surface area contributed by atoms with Crippen molar-refractivity contribution in [2.24, 2.45) is 0 Å². The zero-order valence-electron chi connectivity index (χ0n) is 10.2. The summed E-state index contributed by atoms with van der Waals surface area (Å²) in [6, 6.07) is 7.38. The molecule has 0 spiro atoms. The molecular weight excluding hydrogens is 270 g/mol. The highest BCUT2D eigenvalue weighted by Crippen LogP contribution is 2.31. The molecule has 0 saturated carbocycles. The summed E-state index contributed by atoms with van der Waals surface area (Å²) in [5.74, 6) is 0. The van der Waals surface area contributed by atoms with Crippen LogP contribution in [-0.2, 0) is 15.6 Å². The van der Waals surface area contributed by atoms with Gasteiger partial charge in [0.25, 0.3) is 9.05 Å². The molecule has 0 aliphatic heterocycles. The van der Waals surface area contributed by atoms with Crippen LogP contribution in [0.3, 0.4) is 0 Å². The number of rotatable bonds is 3. The third-order valence-electron chi connectivity index (χ3n) is 2.94. The number of fused-ring (bicyclic) bond motifs is 1. The van der Waals surface area contributed by atoms with Gasteiger partial charge in [-0.3, -0.25) is 0 Å². The molecule has 96 valence electrons. The molecule has 0 unspecified atom stereocenters. The SMILES string of the molecule is C/C=C/Cn1c(C)c(S(=O)(=O)Cl)c2ccccc21. The second-order valence-electron chi connectivity index (χ2n) is 4.05. The van der Waals surface area contributed by atoms with E-state index in [9.17, 15) is 8.42 Å². The van der Waals surface area contributed by atoms with Crippen LogP contribution in [0.5, 0.6) is 0 Å². The van der Waals surface area contributed by atoms with Crippen LogP contribution < -0.4 is 0 Å². The maximum atomic E-state index is 11.7. The number of para-hydroxylation sites is 1. The van der Waals surface area contributed by atoms with Gasteiger partial charge in [0.2, 0.25) is 0 Å². The second-order valence-corrected chi connectivity index (χ2v) is 6.55. The van der Waals surface area contributed by atoms with Crippen LogP contribution in [0.1, 0.15) is 12.6 Å². The van der Waals surface area contributed by atoms with Crippen molar-refractivity contribution in [3.63, 3.8) is 0 Å². The average Bonchev–Trinajstić information content (AvgIpc) is 2.58. The molecule has 1 aromatic carbocycles. The summed E-state index contributed by atoms with van der Waals surface area (Å²) in [5, 5.41) is 0.675. The summed E-state index contributed by atoms with van der Waals surface area (Å²) in [5.41, 5.74) is 1.55. The van der Waals surface area contributed by atoms with Crippen molar-refractivity contribution >= 4 is 30.6 Å². The molecule has 0 radical (unpaired) electrons. The van der Waals surface area contributed by atoms with Crippen LogP contribution in [0.25, 0.3) is 10.9 Å². The van der Waals surface area contributed by atoms with Gasteiger partial charge >= 0.3 is 0 Å². The lowest BCUT2D eigenvalue weighted by Gasteiger charge is -2.04. The molecule has 0 aliphatic rings. The summed E-state index contributed by atoms with van der Waals surface area (Å²) in [6.45, 7) is 4.34. The molecule has 3 nitrogen and oxygen atoms in total. The molecule has 2 aromatic rings. The molecule has 1 aromatic heterocycles. The zero-order valence-corrected chi connectivity index (χ0v) is 11.8. The van der Waals surface area contributed by atoms with Crippen molar-refractivity contribution < 1.29 is 8.42 Å². The Morgan fingerprint density at radius 2 is 2.00 bits per heavy atom. The van der Waals surface area contributed by atoms with Crippen LogP contribution >= 0.6 is 10.7 Å². The Hall–Kier alpha value is -1.26. The highest BCUT2D eigenvalue weighted by molar-refractivity contribution is 8.14. The Bertz CT molecular complexity index is 714. The minimum absolute atomic E-state index is 0.212. The monoisotopic (exact) mass is 283 g/mol. The summed E-state index contributed by atoms with van der Waals surface area (Å²) < 4.78 is 25.3. The van der Waals surface area contributed by atoms with E-state index in [1.54, 1.807) is 13.0 Å². The molecule has 0 saturated heterocycles. The first kappa shape index (κ1) is 13.2. The number of hydrogen-bond donors (Lipinski definition) is 0. The molecule has 0 atom stereocenters.